The van der Waals surface area contributed by atoms with Gasteiger partial charge in [-0.25, -0.2) is 10.8 Å². The third-order valence-corrected chi connectivity index (χ3v) is 3.35. The highest BCUT2D eigenvalue weighted by Gasteiger charge is 2.19. The van der Waals surface area contributed by atoms with E-state index in [0.29, 0.717) is 0 Å². The molecule has 0 aliphatic rings. The molecule has 0 saturated carbocycles. The van der Waals surface area contributed by atoms with Crippen molar-refractivity contribution in [3.05, 3.63) is 12.4 Å². The monoisotopic (exact) mass is 228 g/mol. The molecule has 1 rings (SSSR count). The number of hydrogen-bond acceptors (Lipinski definition) is 4. The molecule has 84 valence electrons. The normalized spacial score (nSPS) is 12.5. The Bertz CT molecular complexity index is 326. The van der Waals surface area contributed by atoms with Crippen LogP contribution in [0, 0.1) is 0 Å². The van der Waals surface area contributed by atoms with Gasteiger partial charge in [-0.1, -0.05) is 25.1 Å². The number of hydrazine groups is 1. The van der Waals surface area contributed by atoms with E-state index in [1.54, 1.807) is 6.20 Å². The fourth-order valence-electron chi connectivity index (χ4n) is 1.19. The highest BCUT2D eigenvalue weighted by Crippen LogP contribution is 2.24. The van der Waals surface area contributed by atoms with Gasteiger partial charge in [-0.05, 0) is 6.42 Å². The van der Waals surface area contributed by atoms with Gasteiger partial charge in [0.15, 0.2) is 5.16 Å². The number of aromatic nitrogens is 2. The molecule has 1 aromatic heterocycles. The van der Waals surface area contributed by atoms with Crippen LogP contribution in [0.15, 0.2) is 17.6 Å². The average Bonchev–Trinajstić information content (AvgIpc) is 2.63. The largest absolute Gasteiger partial charge is 0.329 e. The molecule has 0 spiro atoms. The summed E-state index contributed by atoms with van der Waals surface area (Å²) in [7, 11) is 1.90. The van der Waals surface area contributed by atoms with Gasteiger partial charge in [-0.3, -0.25) is 10.2 Å². The van der Waals surface area contributed by atoms with Gasteiger partial charge in [-0.15, -0.1) is 0 Å². The van der Waals surface area contributed by atoms with Crippen LogP contribution in [-0.4, -0.2) is 20.7 Å². The quantitative estimate of drug-likeness (QED) is 0.336. The van der Waals surface area contributed by atoms with Crippen LogP contribution in [0.4, 0.5) is 0 Å². The molecule has 0 fully saturated rings. The first-order valence-electron chi connectivity index (χ1n) is 4.83. The molecule has 0 aliphatic carbocycles. The van der Waals surface area contributed by atoms with Crippen molar-refractivity contribution in [2.75, 3.05) is 0 Å². The fourth-order valence-corrected chi connectivity index (χ4v) is 2.32. The number of carbonyl (C=O) groups is 1. The zero-order valence-corrected chi connectivity index (χ0v) is 9.75. The lowest BCUT2D eigenvalue weighted by atomic mass is 10.2. The molecular weight excluding hydrogens is 212 g/mol. The lowest BCUT2D eigenvalue weighted by Crippen LogP contribution is -2.37. The summed E-state index contributed by atoms with van der Waals surface area (Å²) in [5, 5.41) is 0.665. The Morgan fingerprint density at radius 3 is 3.00 bits per heavy atom. The first-order chi connectivity index (χ1) is 7.19. The molecule has 1 atom stereocenters. The van der Waals surface area contributed by atoms with Gasteiger partial charge < -0.3 is 4.57 Å². The van der Waals surface area contributed by atoms with Crippen molar-refractivity contribution >= 4 is 17.7 Å². The van der Waals surface area contributed by atoms with Crippen LogP contribution in [-0.2, 0) is 11.8 Å². The molecule has 0 bridgehead atoms. The van der Waals surface area contributed by atoms with Crippen molar-refractivity contribution in [2.45, 2.75) is 30.2 Å². The number of nitrogens with two attached hydrogens (primary N) is 1. The lowest BCUT2D eigenvalue weighted by molar-refractivity contribution is -0.120. The Hall–Kier alpha value is -1.01. The van der Waals surface area contributed by atoms with Crippen LogP contribution in [0.25, 0.3) is 0 Å². The molecule has 0 aliphatic heterocycles. The van der Waals surface area contributed by atoms with Crippen molar-refractivity contribution in [1.29, 1.82) is 0 Å². The number of carbonyl (C=O) groups excluding carboxylic acids is 1. The third-order valence-electron chi connectivity index (χ3n) is 2.01. The van der Waals surface area contributed by atoms with E-state index in [0.717, 1.165) is 18.0 Å². The van der Waals surface area contributed by atoms with E-state index in [2.05, 4.69) is 10.4 Å². The number of nitrogens with one attached hydrogen (secondary N) is 1. The summed E-state index contributed by atoms with van der Waals surface area (Å²) in [4.78, 5) is 15.6. The molecule has 1 amide bonds. The summed E-state index contributed by atoms with van der Waals surface area (Å²) >= 11 is 1.44. The molecule has 1 heterocycles. The highest BCUT2D eigenvalue weighted by molar-refractivity contribution is 8.00. The molecule has 0 radical (unpaired) electrons. The highest BCUT2D eigenvalue weighted by atomic mass is 32.2. The second kappa shape index (κ2) is 5.77. The van der Waals surface area contributed by atoms with Crippen LogP contribution in [0.1, 0.15) is 19.8 Å². The summed E-state index contributed by atoms with van der Waals surface area (Å²) in [5.41, 5.74) is 2.18. The van der Waals surface area contributed by atoms with E-state index in [-0.39, 0.29) is 11.2 Å². The topological polar surface area (TPSA) is 72.9 Å². The smallest absolute Gasteiger partial charge is 0.247 e. The molecular formula is C9H16N4OS. The Labute approximate surface area is 93.4 Å². The van der Waals surface area contributed by atoms with Gasteiger partial charge in [0.25, 0.3) is 0 Å². The predicted octanol–water partition coefficient (Wildman–Crippen LogP) is 0.671. The van der Waals surface area contributed by atoms with Gasteiger partial charge in [-0.2, -0.15) is 0 Å². The van der Waals surface area contributed by atoms with Crippen molar-refractivity contribution in [2.24, 2.45) is 12.9 Å². The van der Waals surface area contributed by atoms with Gasteiger partial charge in [0, 0.05) is 19.4 Å². The second-order valence-electron chi connectivity index (χ2n) is 3.22. The van der Waals surface area contributed by atoms with Gasteiger partial charge in [0.05, 0.1) is 5.25 Å². The molecule has 0 saturated heterocycles. The molecule has 3 N–H and O–H groups in total. The number of hydrogen-bond donors (Lipinski definition) is 2. The minimum atomic E-state index is -0.166. The van der Waals surface area contributed by atoms with Crippen LogP contribution in [0.2, 0.25) is 0 Å². The maximum atomic E-state index is 11.4. The van der Waals surface area contributed by atoms with Crippen molar-refractivity contribution in [1.82, 2.24) is 15.0 Å². The standard InChI is InChI=1S/C9H16N4OS/c1-3-4-7(8(14)12-10)15-9-11-5-6-13(9)2/h5-7H,3-4,10H2,1-2H3,(H,12,14). The van der Waals surface area contributed by atoms with Crippen LogP contribution in [0.3, 0.4) is 0 Å². The van der Waals surface area contributed by atoms with E-state index in [1.807, 2.05) is 24.7 Å². The first kappa shape index (κ1) is 12.1. The molecule has 1 aromatic rings. The summed E-state index contributed by atoms with van der Waals surface area (Å²) in [6.07, 6.45) is 5.30. The Morgan fingerprint density at radius 2 is 2.53 bits per heavy atom. The first-order valence-corrected chi connectivity index (χ1v) is 5.71. The Morgan fingerprint density at radius 1 is 1.80 bits per heavy atom. The van der Waals surface area contributed by atoms with Crippen molar-refractivity contribution in [3.63, 3.8) is 0 Å². The number of aryl methyl sites for hydroxylation is 1. The number of nitrogens with zero attached hydrogens (tertiary/aromatic N) is 2. The van der Waals surface area contributed by atoms with E-state index in [4.69, 9.17) is 5.84 Å². The number of rotatable bonds is 5. The maximum Gasteiger partial charge on any atom is 0.247 e. The van der Waals surface area contributed by atoms with Gasteiger partial charge >= 0.3 is 0 Å². The summed E-state index contributed by atoms with van der Waals surface area (Å²) in [5.74, 6) is 4.98. The molecule has 6 heteroatoms. The Balaban J connectivity index is 2.66. The third kappa shape index (κ3) is 3.24. The zero-order valence-electron chi connectivity index (χ0n) is 8.93. The summed E-state index contributed by atoms with van der Waals surface area (Å²) < 4.78 is 1.89. The average molecular weight is 228 g/mol. The SMILES string of the molecule is CCCC(Sc1nccn1C)C(=O)NN. The number of imidazole rings is 1. The second-order valence-corrected chi connectivity index (χ2v) is 4.39. The molecule has 0 aromatic carbocycles. The summed E-state index contributed by atoms with van der Waals surface area (Å²) in [6.45, 7) is 2.04. The number of amides is 1. The van der Waals surface area contributed by atoms with Crippen molar-refractivity contribution < 1.29 is 4.79 Å². The lowest BCUT2D eigenvalue weighted by Gasteiger charge is -2.13. The Kier molecular flexibility index (Phi) is 4.64. The van der Waals surface area contributed by atoms with Crippen LogP contribution in [0.5, 0.6) is 0 Å². The van der Waals surface area contributed by atoms with Gasteiger partial charge in [0.2, 0.25) is 5.91 Å². The van der Waals surface area contributed by atoms with E-state index < -0.39 is 0 Å². The van der Waals surface area contributed by atoms with E-state index >= 15 is 0 Å². The molecule has 5 nitrogen and oxygen atoms in total. The van der Waals surface area contributed by atoms with Gasteiger partial charge in [0.1, 0.15) is 0 Å². The summed E-state index contributed by atoms with van der Waals surface area (Å²) in [6, 6.07) is 0. The van der Waals surface area contributed by atoms with Crippen molar-refractivity contribution in [3.8, 4) is 0 Å². The number of thioether (sulfide) groups is 1. The zero-order chi connectivity index (χ0) is 11.3. The minimum absolute atomic E-state index is 0.148. The van der Waals surface area contributed by atoms with Crippen LogP contribution >= 0.6 is 11.8 Å². The van der Waals surface area contributed by atoms with E-state index in [1.165, 1.54) is 11.8 Å². The predicted molar refractivity (Wildman–Crippen MR) is 60.1 cm³/mol. The van der Waals surface area contributed by atoms with Crippen LogP contribution < -0.4 is 11.3 Å². The minimum Gasteiger partial charge on any atom is -0.329 e. The van der Waals surface area contributed by atoms with E-state index in [9.17, 15) is 4.79 Å². The molecule has 15 heavy (non-hydrogen) atoms. The molecule has 1 unspecified atom stereocenters. The maximum absolute atomic E-state index is 11.4. The fraction of sp³-hybridized carbons (Fsp3) is 0.556.